The Balaban J connectivity index is 1.84. The van der Waals surface area contributed by atoms with Crippen LogP contribution in [-0.2, 0) is 11.2 Å². The Morgan fingerprint density at radius 3 is 2.27 bits per heavy atom. The maximum Gasteiger partial charge on any atom is 0.249 e. The average Bonchev–Trinajstić information content (AvgIpc) is 3.52. The first-order valence-corrected chi connectivity index (χ1v) is 10.2. The molecule has 0 N–H and O–H groups in total. The maximum atomic E-state index is 13.3. The molecule has 0 aromatic heterocycles. The summed E-state index contributed by atoms with van der Waals surface area (Å²) in [7, 11) is 1.84. The predicted octanol–water partition coefficient (Wildman–Crippen LogP) is 6.07. The van der Waals surface area contributed by atoms with Gasteiger partial charge in [-0.1, -0.05) is 48.5 Å². The molecule has 2 aromatic carbocycles. The fourth-order valence-corrected chi connectivity index (χ4v) is 3.25. The quantitative estimate of drug-likeness (QED) is 0.391. The Bertz CT molecular complexity index is 937. The van der Waals surface area contributed by atoms with Gasteiger partial charge in [0.15, 0.2) is 0 Å². The maximum absolute atomic E-state index is 13.3. The van der Waals surface area contributed by atoms with Gasteiger partial charge < -0.3 is 4.90 Å². The highest BCUT2D eigenvalue weighted by Crippen LogP contribution is 2.32. The summed E-state index contributed by atoms with van der Waals surface area (Å²) in [6.07, 6.45) is 1.80. The molecule has 158 valence electrons. The molecule has 0 unspecified atom stereocenters. The summed E-state index contributed by atoms with van der Waals surface area (Å²) in [5.41, 5.74) is 3.98. The molecule has 0 heterocycles. The van der Waals surface area contributed by atoms with Crippen LogP contribution < -0.4 is 4.90 Å². The first-order chi connectivity index (χ1) is 14.1. The van der Waals surface area contributed by atoms with Crippen molar-refractivity contribution in [1.29, 1.82) is 0 Å². The van der Waals surface area contributed by atoms with Gasteiger partial charge in [0.1, 0.15) is 11.6 Å². The van der Waals surface area contributed by atoms with E-state index in [0.29, 0.717) is 17.1 Å². The van der Waals surface area contributed by atoms with Gasteiger partial charge in [0.25, 0.3) is 0 Å². The van der Waals surface area contributed by atoms with Crippen LogP contribution in [0.15, 0.2) is 60.1 Å². The summed E-state index contributed by atoms with van der Waals surface area (Å²) in [4.78, 5) is 19.0. The smallest absolute Gasteiger partial charge is 0.249 e. The SMILES string of the molecule is C=C(N=C(CC(=O)C1CC1)N(C)c1ccc(CC(C)(F)F)cc1)c1ccc(C)cc1. The second kappa shape index (κ2) is 8.90. The number of amidine groups is 1. The van der Waals surface area contributed by atoms with Gasteiger partial charge in [-0.25, -0.2) is 13.8 Å². The third-order valence-electron chi connectivity index (χ3n) is 5.24. The topological polar surface area (TPSA) is 32.7 Å². The van der Waals surface area contributed by atoms with Crippen molar-refractivity contribution in [3.8, 4) is 0 Å². The molecule has 0 bridgehead atoms. The fraction of sp³-hybridized carbons (Fsp3) is 0.360. The standard InChI is InChI=1S/C25H28F2N2O/c1-17-5-9-20(10-6-17)18(2)28-24(15-23(30)21-11-12-21)29(4)22-13-7-19(8-14-22)16-25(3,26)27/h5-10,13-14,21H,2,11-12,15-16H2,1,3-4H3. The summed E-state index contributed by atoms with van der Waals surface area (Å²) in [6.45, 7) is 7.01. The Kier molecular flexibility index (Phi) is 6.49. The molecule has 0 radical (unpaired) electrons. The van der Waals surface area contributed by atoms with Crippen LogP contribution in [0.3, 0.4) is 0 Å². The van der Waals surface area contributed by atoms with E-state index in [2.05, 4.69) is 6.58 Å². The lowest BCUT2D eigenvalue weighted by Crippen LogP contribution is -2.29. The summed E-state index contributed by atoms with van der Waals surface area (Å²) < 4.78 is 26.5. The van der Waals surface area contributed by atoms with E-state index < -0.39 is 5.92 Å². The first-order valence-electron chi connectivity index (χ1n) is 10.2. The molecule has 0 aliphatic heterocycles. The zero-order valence-corrected chi connectivity index (χ0v) is 17.8. The number of nitrogens with zero attached hydrogens (tertiary/aromatic N) is 2. The Labute approximate surface area is 177 Å². The highest BCUT2D eigenvalue weighted by Gasteiger charge is 2.31. The van der Waals surface area contributed by atoms with Gasteiger partial charge in [0.2, 0.25) is 5.92 Å². The number of aliphatic imine (C=N–C) groups is 1. The molecular weight excluding hydrogens is 382 g/mol. The highest BCUT2D eigenvalue weighted by molar-refractivity contribution is 6.11. The molecule has 1 saturated carbocycles. The minimum Gasteiger partial charge on any atom is -0.333 e. The van der Waals surface area contributed by atoms with Crippen LogP contribution >= 0.6 is 0 Å². The van der Waals surface area contributed by atoms with Crippen molar-refractivity contribution < 1.29 is 13.6 Å². The first kappa shape index (κ1) is 21.9. The Hall–Kier alpha value is -2.82. The second-order valence-corrected chi connectivity index (χ2v) is 8.23. The zero-order valence-electron chi connectivity index (χ0n) is 17.8. The molecule has 2 aromatic rings. The van der Waals surface area contributed by atoms with Crippen LogP contribution in [-0.4, -0.2) is 24.6 Å². The summed E-state index contributed by atoms with van der Waals surface area (Å²) in [5, 5.41) is 0. The number of carbonyl (C=O) groups is 1. The number of hydrogen-bond donors (Lipinski definition) is 0. The molecule has 5 heteroatoms. The zero-order chi connectivity index (χ0) is 21.9. The van der Waals surface area contributed by atoms with Gasteiger partial charge in [-0.05, 0) is 49.9 Å². The van der Waals surface area contributed by atoms with Crippen LogP contribution in [0.1, 0.15) is 42.9 Å². The van der Waals surface area contributed by atoms with Gasteiger partial charge in [-0.2, -0.15) is 0 Å². The van der Waals surface area contributed by atoms with Crippen molar-refractivity contribution in [3.63, 3.8) is 0 Å². The van der Waals surface area contributed by atoms with Crippen molar-refractivity contribution in [3.05, 3.63) is 71.8 Å². The van der Waals surface area contributed by atoms with Crippen LogP contribution in [0, 0.1) is 12.8 Å². The van der Waals surface area contributed by atoms with E-state index in [0.717, 1.165) is 36.6 Å². The average molecular weight is 411 g/mol. The molecule has 0 amide bonds. The van der Waals surface area contributed by atoms with Gasteiger partial charge >= 0.3 is 0 Å². The minimum absolute atomic E-state index is 0.130. The van der Waals surface area contributed by atoms with Crippen molar-refractivity contribution in [2.24, 2.45) is 10.9 Å². The van der Waals surface area contributed by atoms with Gasteiger partial charge in [0.05, 0.1) is 12.1 Å². The van der Waals surface area contributed by atoms with Crippen LogP contribution in [0.2, 0.25) is 0 Å². The molecule has 30 heavy (non-hydrogen) atoms. The minimum atomic E-state index is -2.75. The van der Waals surface area contributed by atoms with E-state index in [1.807, 2.05) is 43.1 Å². The van der Waals surface area contributed by atoms with Gasteiger partial charge in [-0.3, -0.25) is 4.79 Å². The van der Waals surface area contributed by atoms with Gasteiger partial charge in [0, 0.05) is 25.1 Å². The van der Waals surface area contributed by atoms with Crippen molar-refractivity contribution >= 4 is 23.0 Å². The lowest BCUT2D eigenvalue weighted by Gasteiger charge is -2.22. The number of aryl methyl sites for hydroxylation is 1. The molecule has 1 aliphatic rings. The number of halogens is 2. The number of alkyl halides is 2. The number of anilines is 1. The van der Waals surface area contributed by atoms with Crippen molar-refractivity contribution in [1.82, 2.24) is 0 Å². The summed E-state index contributed by atoms with van der Waals surface area (Å²) >= 11 is 0. The number of hydrogen-bond acceptors (Lipinski definition) is 2. The number of carbonyl (C=O) groups excluding carboxylic acids is 1. The summed E-state index contributed by atoms with van der Waals surface area (Å²) in [5.74, 6) is -1.83. The van der Waals surface area contributed by atoms with E-state index >= 15 is 0 Å². The number of Topliss-reactive ketones (excluding diaryl/α,β-unsaturated/α-hetero) is 1. The van der Waals surface area contributed by atoms with Crippen LogP contribution in [0.25, 0.3) is 5.70 Å². The molecule has 3 rings (SSSR count). The molecule has 1 fully saturated rings. The third-order valence-corrected chi connectivity index (χ3v) is 5.24. The molecule has 0 spiro atoms. The molecule has 3 nitrogen and oxygen atoms in total. The monoisotopic (exact) mass is 410 g/mol. The Morgan fingerprint density at radius 1 is 1.13 bits per heavy atom. The lowest BCUT2D eigenvalue weighted by molar-refractivity contribution is -0.119. The van der Waals surface area contributed by atoms with Crippen LogP contribution in [0.5, 0.6) is 0 Å². The summed E-state index contributed by atoms with van der Waals surface area (Å²) in [6, 6.07) is 14.9. The van der Waals surface area contributed by atoms with E-state index in [4.69, 9.17) is 4.99 Å². The van der Waals surface area contributed by atoms with E-state index in [-0.39, 0.29) is 24.5 Å². The Morgan fingerprint density at radius 2 is 1.73 bits per heavy atom. The second-order valence-electron chi connectivity index (χ2n) is 8.23. The normalized spacial score (nSPS) is 14.5. The fourth-order valence-electron chi connectivity index (χ4n) is 3.25. The molecule has 1 aliphatic carbocycles. The molecule has 0 saturated heterocycles. The largest absolute Gasteiger partial charge is 0.333 e. The number of benzene rings is 2. The molecular formula is C25H28F2N2O. The van der Waals surface area contributed by atoms with Crippen molar-refractivity contribution in [2.45, 2.75) is 45.5 Å². The highest BCUT2D eigenvalue weighted by atomic mass is 19.3. The molecule has 0 atom stereocenters. The van der Waals surface area contributed by atoms with Gasteiger partial charge in [-0.15, -0.1) is 0 Å². The van der Waals surface area contributed by atoms with Crippen LogP contribution in [0.4, 0.5) is 14.5 Å². The van der Waals surface area contributed by atoms with E-state index in [1.54, 1.807) is 24.3 Å². The van der Waals surface area contributed by atoms with Crippen molar-refractivity contribution in [2.75, 3.05) is 11.9 Å². The third kappa shape index (κ3) is 6.09. The predicted molar refractivity (Wildman–Crippen MR) is 119 cm³/mol. The number of ketones is 1. The van der Waals surface area contributed by atoms with E-state index in [9.17, 15) is 13.6 Å². The van der Waals surface area contributed by atoms with E-state index in [1.165, 1.54) is 0 Å². The number of rotatable bonds is 8. The lowest BCUT2D eigenvalue weighted by atomic mass is 10.1.